The van der Waals surface area contributed by atoms with Gasteiger partial charge in [-0.05, 0) is 25.5 Å². The largest absolute Gasteiger partial charge is 0.445 e. The van der Waals surface area contributed by atoms with Crippen molar-refractivity contribution in [2.75, 3.05) is 49.7 Å². The molecule has 2 fully saturated rings. The minimum absolute atomic E-state index is 0.101. The van der Waals surface area contributed by atoms with E-state index in [1.165, 1.54) is 0 Å². The number of aromatic nitrogens is 2. The van der Waals surface area contributed by atoms with Gasteiger partial charge in [-0.15, -0.1) is 0 Å². The lowest BCUT2D eigenvalue weighted by molar-refractivity contribution is 0.0914. The number of fused-ring (bicyclic) bond motifs is 1. The first-order valence-electron chi connectivity index (χ1n) is 11.2. The lowest BCUT2D eigenvalue weighted by Gasteiger charge is -2.27. The molecule has 0 saturated carbocycles. The first-order valence-corrected chi connectivity index (χ1v) is 11.2. The van der Waals surface area contributed by atoms with E-state index >= 15 is 0 Å². The number of furan rings is 1. The summed E-state index contributed by atoms with van der Waals surface area (Å²) in [6.45, 7) is 6.24. The molecule has 172 valence electrons. The number of rotatable bonds is 6. The Kier molecular flexibility index (Phi) is 6.18. The van der Waals surface area contributed by atoms with Crippen LogP contribution in [0.2, 0.25) is 0 Å². The van der Waals surface area contributed by atoms with Gasteiger partial charge >= 0.3 is 0 Å². The maximum absolute atomic E-state index is 12.7. The van der Waals surface area contributed by atoms with Gasteiger partial charge in [0.1, 0.15) is 5.52 Å². The highest BCUT2D eigenvalue weighted by molar-refractivity contribution is 5.97. The van der Waals surface area contributed by atoms with Crippen molar-refractivity contribution in [1.29, 1.82) is 0 Å². The number of hydrazone groups is 1. The summed E-state index contributed by atoms with van der Waals surface area (Å²) >= 11 is 0. The smallest absolute Gasteiger partial charge is 0.287 e. The highest BCUT2D eigenvalue weighted by atomic mass is 16.5. The van der Waals surface area contributed by atoms with Crippen LogP contribution in [0.3, 0.4) is 0 Å². The second kappa shape index (κ2) is 9.55. The van der Waals surface area contributed by atoms with Crippen molar-refractivity contribution in [3.8, 4) is 0 Å². The molecule has 10 nitrogen and oxygen atoms in total. The monoisotopic (exact) mass is 449 g/mol. The molecule has 10 heteroatoms. The molecule has 1 amide bonds. The van der Waals surface area contributed by atoms with Crippen molar-refractivity contribution in [3.05, 3.63) is 47.2 Å². The van der Waals surface area contributed by atoms with Gasteiger partial charge < -0.3 is 24.7 Å². The van der Waals surface area contributed by atoms with Crippen molar-refractivity contribution >= 4 is 35.0 Å². The minimum atomic E-state index is -0.249. The van der Waals surface area contributed by atoms with Crippen LogP contribution in [0.5, 0.6) is 0 Å². The van der Waals surface area contributed by atoms with Crippen molar-refractivity contribution in [1.82, 2.24) is 20.6 Å². The van der Waals surface area contributed by atoms with Crippen LogP contribution in [0.15, 0.2) is 39.9 Å². The van der Waals surface area contributed by atoms with E-state index in [1.54, 1.807) is 12.3 Å². The molecule has 0 aliphatic carbocycles. The van der Waals surface area contributed by atoms with E-state index in [2.05, 4.69) is 36.0 Å². The second-order valence-electron chi connectivity index (χ2n) is 8.24. The van der Waals surface area contributed by atoms with Crippen molar-refractivity contribution in [3.63, 3.8) is 0 Å². The Balaban J connectivity index is 1.43. The average molecular weight is 450 g/mol. The highest BCUT2D eigenvalue weighted by Gasteiger charge is 2.24. The highest BCUT2D eigenvalue weighted by Crippen LogP contribution is 2.29. The number of morpholine rings is 1. The zero-order valence-corrected chi connectivity index (χ0v) is 18.5. The predicted molar refractivity (Wildman–Crippen MR) is 126 cm³/mol. The summed E-state index contributed by atoms with van der Waals surface area (Å²) in [5, 5.41) is 10.5. The number of amides is 1. The second-order valence-corrected chi connectivity index (χ2v) is 8.24. The lowest BCUT2D eigenvalue weighted by atomic mass is 10.2. The van der Waals surface area contributed by atoms with E-state index in [0.717, 1.165) is 30.6 Å². The molecule has 2 saturated heterocycles. The van der Waals surface area contributed by atoms with Gasteiger partial charge in [0.15, 0.2) is 17.2 Å². The topological polar surface area (TPSA) is 117 Å². The fourth-order valence-corrected chi connectivity index (χ4v) is 4.02. The molecule has 3 aromatic rings. The minimum Gasteiger partial charge on any atom is -0.445 e. The van der Waals surface area contributed by atoms with Gasteiger partial charge in [-0.25, -0.2) is 10.4 Å². The van der Waals surface area contributed by atoms with Gasteiger partial charge in [0.05, 0.1) is 19.4 Å². The molecule has 1 unspecified atom stereocenters. The fraction of sp³-hybridized carbons (Fsp3) is 0.391. The molecule has 1 atom stereocenters. The molecule has 3 N–H and O–H groups in total. The maximum Gasteiger partial charge on any atom is 0.287 e. The first-order chi connectivity index (χ1) is 16.2. The number of carbonyl (C=O) groups excluding carboxylic acids is 1. The van der Waals surface area contributed by atoms with Crippen LogP contribution in [0, 0.1) is 6.92 Å². The fourth-order valence-electron chi connectivity index (χ4n) is 4.02. The van der Waals surface area contributed by atoms with E-state index in [1.807, 2.05) is 31.2 Å². The zero-order valence-electron chi connectivity index (χ0n) is 18.5. The summed E-state index contributed by atoms with van der Waals surface area (Å²) in [6.07, 6.45) is 2.62. The number of anilines is 2. The van der Waals surface area contributed by atoms with Crippen molar-refractivity contribution < 1.29 is 13.9 Å². The first kappa shape index (κ1) is 21.4. The number of carbonyl (C=O) groups is 1. The third-order valence-corrected chi connectivity index (χ3v) is 5.70. The molecule has 0 radical (unpaired) electrons. The molecule has 5 rings (SSSR count). The molecule has 33 heavy (non-hydrogen) atoms. The number of benzene rings is 1. The maximum atomic E-state index is 12.7. The Bertz CT molecular complexity index is 1160. The van der Waals surface area contributed by atoms with E-state index in [-0.39, 0.29) is 17.7 Å². The van der Waals surface area contributed by atoms with Crippen LogP contribution in [0.1, 0.15) is 28.1 Å². The average Bonchev–Trinajstić information content (AvgIpc) is 3.49. The number of hydrogen-bond acceptors (Lipinski definition) is 9. The van der Waals surface area contributed by atoms with Gasteiger partial charge in [0.2, 0.25) is 5.95 Å². The lowest BCUT2D eigenvalue weighted by Crippen LogP contribution is -2.37. The number of nitrogens with zero attached hydrogens (tertiary/aromatic N) is 4. The summed E-state index contributed by atoms with van der Waals surface area (Å²) in [5.74, 6) is 0.932. The summed E-state index contributed by atoms with van der Waals surface area (Å²) in [4.78, 5) is 24.0. The Morgan fingerprint density at radius 2 is 2.15 bits per heavy atom. The van der Waals surface area contributed by atoms with Crippen molar-refractivity contribution in [2.24, 2.45) is 5.10 Å². The number of aryl methyl sites for hydroxylation is 1. The van der Waals surface area contributed by atoms with Crippen LogP contribution in [-0.2, 0) is 4.74 Å². The summed E-state index contributed by atoms with van der Waals surface area (Å²) in [5.41, 5.74) is 6.09. The van der Waals surface area contributed by atoms with Crippen LogP contribution >= 0.6 is 0 Å². The van der Waals surface area contributed by atoms with E-state index in [0.29, 0.717) is 49.2 Å². The molecule has 2 aliphatic rings. The molecule has 2 aliphatic heterocycles. The number of hydrogen-bond donors (Lipinski definition) is 3. The van der Waals surface area contributed by atoms with Crippen LogP contribution in [-0.4, -0.2) is 67.5 Å². The number of ether oxygens (including phenoxy) is 1. The summed E-state index contributed by atoms with van der Waals surface area (Å²) in [7, 11) is 0. The van der Waals surface area contributed by atoms with E-state index in [4.69, 9.17) is 9.15 Å². The normalized spacial score (nSPS) is 18.8. The summed E-state index contributed by atoms with van der Waals surface area (Å²) in [6, 6.07) is 9.79. The molecule has 2 aromatic heterocycles. The van der Waals surface area contributed by atoms with Crippen LogP contribution in [0.25, 0.3) is 11.1 Å². The van der Waals surface area contributed by atoms with E-state index < -0.39 is 0 Å². The van der Waals surface area contributed by atoms with Crippen LogP contribution in [0.4, 0.5) is 11.8 Å². The van der Waals surface area contributed by atoms with Gasteiger partial charge in [-0.2, -0.15) is 10.1 Å². The molecule has 1 aromatic carbocycles. The quantitative estimate of drug-likeness (QED) is 0.386. The molecule has 4 heterocycles. The molecule has 0 spiro atoms. The Hall–Kier alpha value is -3.50. The number of nitrogens with one attached hydrogen (secondary N) is 3. The summed E-state index contributed by atoms with van der Waals surface area (Å²) < 4.78 is 11.4. The Morgan fingerprint density at radius 3 is 2.94 bits per heavy atom. The third-order valence-electron chi connectivity index (χ3n) is 5.70. The Labute approximate surface area is 191 Å². The van der Waals surface area contributed by atoms with Gasteiger partial charge in [0.25, 0.3) is 5.91 Å². The Morgan fingerprint density at radius 1 is 1.27 bits per heavy atom. The van der Waals surface area contributed by atoms with Crippen molar-refractivity contribution in [2.45, 2.75) is 19.4 Å². The molecular formula is C23H27N7O3. The molecule has 0 bridgehead atoms. The predicted octanol–water partition coefficient (Wildman–Crippen LogP) is 1.91. The van der Waals surface area contributed by atoms with Crippen LogP contribution < -0.4 is 21.0 Å². The van der Waals surface area contributed by atoms with Gasteiger partial charge in [-0.1, -0.05) is 29.8 Å². The van der Waals surface area contributed by atoms with E-state index in [9.17, 15) is 4.79 Å². The zero-order chi connectivity index (χ0) is 22.6. The standard InChI is InChI=1S/C23H27N7O3/c1-15-3-2-4-16(11-15)13-25-29-23-27-18-12-19(22(31)26-17-5-6-24-14-17)33-20(18)21(28-23)30-7-9-32-10-8-30/h2-4,11-13,17,24H,5-10,14H2,1H3,(H,26,31)(H,27,28,29)/b25-13+. The molecular weight excluding hydrogens is 422 g/mol. The van der Waals surface area contributed by atoms with Gasteiger partial charge in [0, 0.05) is 31.7 Å². The third kappa shape index (κ3) is 4.96. The SMILES string of the molecule is Cc1cccc(/C=N/Nc2nc(N3CCOCC3)c3oc(C(=O)NC4CCNC4)cc3n2)c1. The van der Waals surface area contributed by atoms with Gasteiger partial charge in [-0.3, -0.25) is 4.79 Å².